The smallest absolute Gasteiger partial charge is 0.122 e. The van der Waals surface area contributed by atoms with Crippen molar-refractivity contribution in [2.24, 2.45) is 5.16 Å². The second-order valence-electron chi connectivity index (χ2n) is 4.22. The summed E-state index contributed by atoms with van der Waals surface area (Å²) in [7, 11) is 0. The van der Waals surface area contributed by atoms with Crippen LogP contribution in [-0.4, -0.2) is 10.9 Å². The zero-order valence-electron chi connectivity index (χ0n) is 11.1. The fraction of sp³-hybridized carbons (Fsp3) is 0.267. The molecule has 2 aromatic rings. The van der Waals surface area contributed by atoms with Crippen LogP contribution in [0.1, 0.15) is 29.2 Å². The standard InChI is InChI=1S/C15H17NO2S/c1-3-14-8-9-15(19-14)10-18-13-6-4-12(5-7-13)11(2)16-17/h4-9,17H,3,10H2,1-2H3/b16-11+. The largest absolute Gasteiger partial charge is 0.488 e. The van der Waals surface area contributed by atoms with Crippen molar-refractivity contribution in [3.63, 3.8) is 0 Å². The van der Waals surface area contributed by atoms with E-state index in [0.717, 1.165) is 17.7 Å². The Kier molecular flexibility index (Phi) is 4.58. The lowest BCUT2D eigenvalue weighted by Crippen LogP contribution is -1.96. The molecule has 0 saturated heterocycles. The maximum atomic E-state index is 8.69. The second kappa shape index (κ2) is 6.38. The highest BCUT2D eigenvalue weighted by Gasteiger charge is 2.01. The first-order valence-corrected chi connectivity index (χ1v) is 7.04. The molecule has 1 aromatic heterocycles. The minimum atomic E-state index is 0.594. The summed E-state index contributed by atoms with van der Waals surface area (Å²) in [4.78, 5) is 2.61. The molecule has 1 heterocycles. The van der Waals surface area contributed by atoms with Gasteiger partial charge in [0.15, 0.2) is 0 Å². The minimum absolute atomic E-state index is 0.594. The highest BCUT2D eigenvalue weighted by molar-refractivity contribution is 7.11. The van der Waals surface area contributed by atoms with Gasteiger partial charge in [0.1, 0.15) is 12.4 Å². The Bertz CT molecular complexity index is 558. The van der Waals surface area contributed by atoms with E-state index in [1.54, 1.807) is 18.3 Å². The molecular weight excluding hydrogens is 258 g/mol. The first kappa shape index (κ1) is 13.6. The van der Waals surface area contributed by atoms with Crippen LogP contribution in [0.25, 0.3) is 0 Å². The third kappa shape index (κ3) is 3.58. The maximum Gasteiger partial charge on any atom is 0.122 e. The lowest BCUT2D eigenvalue weighted by molar-refractivity contribution is 0.309. The Balaban J connectivity index is 1.96. The summed E-state index contributed by atoms with van der Waals surface area (Å²) in [5, 5.41) is 11.9. The molecule has 3 nitrogen and oxygen atoms in total. The van der Waals surface area contributed by atoms with Crippen LogP contribution in [0.2, 0.25) is 0 Å². The number of benzene rings is 1. The highest BCUT2D eigenvalue weighted by atomic mass is 32.1. The third-order valence-corrected chi connectivity index (χ3v) is 4.07. The molecule has 0 radical (unpaired) electrons. The number of rotatable bonds is 5. The van der Waals surface area contributed by atoms with Gasteiger partial charge in [0.25, 0.3) is 0 Å². The molecular formula is C15H17NO2S. The van der Waals surface area contributed by atoms with E-state index in [9.17, 15) is 0 Å². The Labute approximate surface area is 117 Å². The molecule has 0 aliphatic heterocycles. The molecule has 0 fully saturated rings. The quantitative estimate of drug-likeness (QED) is 0.507. The maximum absolute atomic E-state index is 8.69. The van der Waals surface area contributed by atoms with Gasteiger partial charge in [-0.15, -0.1) is 11.3 Å². The van der Waals surface area contributed by atoms with E-state index in [1.165, 1.54) is 9.75 Å². The number of hydrogen-bond acceptors (Lipinski definition) is 4. The third-order valence-electron chi connectivity index (χ3n) is 2.87. The average molecular weight is 275 g/mol. The second-order valence-corrected chi connectivity index (χ2v) is 5.47. The van der Waals surface area contributed by atoms with Gasteiger partial charge >= 0.3 is 0 Å². The lowest BCUT2D eigenvalue weighted by atomic mass is 10.1. The molecule has 0 spiro atoms. The molecule has 0 atom stereocenters. The van der Waals surface area contributed by atoms with Crippen molar-refractivity contribution in [2.75, 3.05) is 0 Å². The average Bonchev–Trinajstić information content (AvgIpc) is 2.93. The fourth-order valence-corrected chi connectivity index (χ4v) is 2.57. The van der Waals surface area contributed by atoms with Crippen LogP contribution >= 0.6 is 11.3 Å². The lowest BCUT2D eigenvalue weighted by Gasteiger charge is -2.05. The SMILES string of the molecule is CCc1ccc(COc2ccc(/C(C)=N/O)cc2)s1. The van der Waals surface area contributed by atoms with Crippen LogP contribution in [0.4, 0.5) is 0 Å². The first-order valence-electron chi connectivity index (χ1n) is 6.22. The fourth-order valence-electron chi connectivity index (χ4n) is 1.69. The highest BCUT2D eigenvalue weighted by Crippen LogP contribution is 2.20. The number of aryl methyl sites for hydroxylation is 1. The number of ether oxygens (including phenoxy) is 1. The van der Waals surface area contributed by atoms with E-state index in [-0.39, 0.29) is 0 Å². The molecule has 0 amide bonds. The van der Waals surface area contributed by atoms with E-state index in [4.69, 9.17) is 9.94 Å². The minimum Gasteiger partial charge on any atom is -0.488 e. The van der Waals surface area contributed by atoms with Crippen LogP contribution in [0, 0.1) is 0 Å². The van der Waals surface area contributed by atoms with Crippen molar-refractivity contribution >= 4 is 17.0 Å². The van der Waals surface area contributed by atoms with Crippen LogP contribution in [-0.2, 0) is 13.0 Å². The van der Waals surface area contributed by atoms with Gasteiger partial charge in [-0.25, -0.2) is 0 Å². The monoisotopic (exact) mass is 275 g/mol. The molecule has 19 heavy (non-hydrogen) atoms. The van der Waals surface area contributed by atoms with Crippen molar-refractivity contribution in [1.29, 1.82) is 0 Å². The molecule has 0 saturated carbocycles. The molecule has 1 N–H and O–H groups in total. The Morgan fingerprint density at radius 1 is 1.16 bits per heavy atom. The van der Waals surface area contributed by atoms with Gasteiger partial charge in [-0.1, -0.05) is 12.1 Å². The van der Waals surface area contributed by atoms with Gasteiger partial charge in [0.2, 0.25) is 0 Å². The Morgan fingerprint density at radius 3 is 2.42 bits per heavy atom. The van der Waals surface area contributed by atoms with Crippen LogP contribution in [0.3, 0.4) is 0 Å². The number of nitrogens with zero attached hydrogens (tertiary/aromatic N) is 1. The summed E-state index contributed by atoms with van der Waals surface area (Å²) in [5.74, 6) is 0.820. The molecule has 0 unspecified atom stereocenters. The topological polar surface area (TPSA) is 41.8 Å². The van der Waals surface area contributed by atoms with Crippen LogP contribution < -0.4 is 4.74 Å². The van der Waals surface area contributed by atoms with Crippen molar-refractivity contribution in [3.05, 3.63) is 51.7 Å². The van der Waals surface area contributed by atoms with Crippen LogP contribution in [0.15, 0.2) is 41.6 Å². The van der Waals surface area contributed by atoms with Crippen molar-refractivity contribution in [1.82, 2.24) is 0 Å². The van der Waals surface area contributed by atoms with Gasteiger partial charge in [-0.3, -0.25) is 0 Å². The van der Waals surface area contributed by atoms with E-state index in [0.29, 0.717) is 12.3 Å². The van der Waals surface area contributed by atoms with Gasteiger partial charge in [0.05, 0.1) is 5.71 Å². The predicted octanol–water partition coefficient (Wildman–Crippen LogP) is 4.09. The molecule has 2 rings (SSSR count). The van der Waals surface area contributed by atoms with Crippen LogP contribution in [0.5, 0.6) is 5.75 Å². The zero-order valence-corrected chi connectivity index (χ0v) is 11.9. The summed E-state index contributed by atoms with van der Waals surface area (Å²) < 4.78 is 5.73. The van der Waals surface area contributed by atoms with E-state index in [2.05, 4.69) is 24.2 Å². The summed E-state index contributed by atoms with van der Waals surface area (Å²) in [6.45, 7) is 4.51. The van der Waals surface area contributed by atoms with Gasteiger partial charge < -0.3 is 9.94 Å². The van der Waals surface area contributed by atoms with Crippen molar-refractivity contribution in [2.45, 2.75) is 26.9 Å². The molecule has 0 aliphatic rings. The predicted molar refractivity (Wildman–Crippen MR) is 78.5 cm³/mol. The van der Waals surface area contributed by atoms with E-state index >= 15 is 0 Å². The number of thiophene rings is 1. The summed E-state index contributed by atoms with van der Waals surface area (Å²) in [6, 6.07) is 11.8. The van der Waals surface area contributed by atoms with Gasteiger partial charge in [-0.05, 0) is 55.3 Å². The molecule has 4 heteroatoms. The molecule has 0 aliphatic carbocycles. The summed E-state index contributed by atoms with van der Waals surface area (Å²) in [6.07, 6.45) is 1.07. The van der Waals surface area contributed by atoms with Crippen molar-refractivity contribution < 1.29 is 9.94 Å². The van der Waals surface area contributed by atoms with Crippen molar-refractivity contribution in [3.8, 4) is 5.75 Å². The number of oxime groups is 1. The molecule has 0 bridgehead atoms. The molecule has 1 aromatic carbocycles. The summed E-state index contributed by atoms with van der Waals surface area (Å²) >= 11 is 1.79. The number of hydrogen-bond donors (Lipinski definition) is 1. The first-order chi connectivity index (χ1) is 9.22. The normalized spacial score (nSPS) is 11.6. The van der Waals surface area contributed by atoms with E-state index < -0.39 is 0 Å². The molecule has 100 valence electrons. The van der Waals surface area contributed by atoms with Gasteiger partial charge in [-0.2, -0.15) is 0 Å². The van der Waals surface area contributed by atoms with Gasteiger partial charge in [0, 0.05) is 9.75 Å². The van der Waals surface area contributed by atoms with E-state index in [1.807, 2.05) is 24.3 Å². The zero-order chi connectivity index (χ0) is 13.7. The summed E-state index contributed by atoms with van der Waals surface area (Å²) in [5.41, 5.74) is 1.48. The Hall–Kier alpha value is -1.81. The Morgan fingerprint density at radius 2 is 1.84 bits per heavy atom.